The van der Waals surface area contributed by atoms with Crippen LogP contribution in [-0.4, -0.2) is 13.7 Å². The highest BCUT2D eigenvalue weighted by molar-refractivity contribution is 6.30. The summed E-state index contributed by atoms with van der Waals surface area (Å²) in [6.45, 7) is 2.96. The highest BCUT2D eigenvalue weighted by Gasteiger charge is 2.23. The summed E-state index contributed by atoms with van der Waals surface area (Å²) in [6, 6.07) is 18.2. The van der Waals surface area contributed by atoms with Gasteiger partial charge in [0.15, 0.2) is 0 Å². The first-order valence-corrected chi connectivity index (χ1v) is 7.20. The molecule has 0 aliphatic heterocycles. The molecule has 3 heteroatoms. The van der Waals surface area contributed by atoms with Gasteiger partial charge in [-0.25, -0.2) is 0 Å². The lowest BCUT2D eigenvalue weighted by molar-refractivity contribution is 0.0681. The van der Waals surface area contributed by atoms with Crippen molar-refractivity contribution in [3.8, 4) is 0 Å². The zero-order valence-electron chi connectivity index (χ0n) is 11.8. The first-order chi connectivity index (χ1) is 9.76. The Morgan fingerprint density at radius 1 is 1.05 bits per heavy atom. The topological polar surface area (TPSA) is 21.3 Å². The summed E-state index contributed by atoms with van der Waals surface area (Å²) in [6.07, 6.45) is -0.0467. The van der Waals surface area contributed by atoms with Gasteiger partial charge in [0.2, 0.25) is 0 Å². The Morgan fingerprint density at radius 2 is 1.75 bits per heavy atom. The quantitative estimate of drug-likeness (QED) is 0.852. The third-order valence-corrected chi connectivity index (χ3v) is 3.55. The summed E-state index contributed by atoms with van der Waals surface area (Å²) in [4.78, 5) is 0. The van der Waals surface area contributed by atoms with E-state index in [-0.39, 0.29) is 12.1 Å². The minimum absolute atomic E-state index is 0.0467. The van der Waals surface area contributed by atoms with Crippen LogP contribution in [-0.2, 0) is 4.74 Å². The van der Waals surface area contributed by atoms with Crippen LogP contribution in [0.25, 0.3) is 0 Å². The van der Waals surface area contributed by atoms with Crippen molar-refractivity contribution in [2.24, 2.45) is 0 Å². The molecular formula is C17H20ClNO. The molecule has 0 aromatic heterocycles. The van der Waals surface area contributed by atoms with Crippen LogP contribution in [0.5, 0.6) is 0 Å². The molecule has 2 nitrogen and oxygen atoms in total. The van der Waals surface area contributed by atoms with Gasteiger partial charge in [0, 0.05) is 12.1 Å². The van der Waals surface area contributed by atoms with Crippen LogP contribution >= 0.6 is 11.6 Å². The highest BCUT2D eigenvalue weighted by atomic mass is 35.5. The van der Waals surface area contributed by atoms with Gasteiger partial charge in [-0.15, -0.1) is 0 Å². The number of rotatable bonds is 6. The molecule has 0 saturated heterocycles. The Hall–Kier alpha value is -1.35. The van der Waals surface area contributed by atoms with Crippen molar-refractivity contribution >= 4 is 11.6 Å². The van der Waals surface area contributed by atoms with E-state index in [1.54, 1.807) is 7.11 Å². The maximum absolute atomic E-state index is 6.11. The molecule has 0 heterocycles. The second kappa shape index (κ2) is 7.44. The molecule has 2 atom stereocenters. The minimum atomic E-state index is -0.0467. The molecule has 2 unspecified atom stereocenters. The van der Waals surface area contributed by atoms with Crippen molar-refractivity contribution in [1.82, 2.24) is 5.32 Å². The molecule has 2 rings (SSSR count). The molecule has 0 saturated carbocycles. The number of nitrogens with one attached hydrogen (secondary N) is 1. The zero-order valence-corrected chi connectivity index (χ0v) is 12.6. The highest BCUT2D eigenvalue weighted by Crippen LogP contribution is 2.32. The van der Waals surface area contributed by atoms with E-state index in [1.807, 2.05) is 36.4 Å². The van der Waals surface area contributed by atoms with Gasteiger partial charge in [0.25, 0.3) is 0 Å². The number of benzene rings is 2. The minimum Gasteiger partial charge on any atom is -0.375 e. The van der Waals surface area contributed by atoms with Crippen LogP contribution in [0.15, 0.2) is 54.6 Å². The monoisotopic (exact) mass is 289 g/mol. The van der Waals surface area contributed by atoms with Gasteiger partial charge < -0.3 is 10.1 Å². The van der Waals surface area contributed by atoms with Crippen LogP contribution in [0.3, 0.4) is 0 Å². The molecule has 2 aromatic carbocycles. The molecular weight excluding hydrogens is 270 g/mol. The molecule has 0 spiro atoms. The Kier molecular flexibility index (Phi) is 5.60. The van der Waals surface area contributed by atoms with Gasteiger partial charge in [0.05, 0.1) is 6.04 Å². The average Bonchev–Trinajstić information content (AvgIpc) is 2.48. The zero-order chi connectivity index (χ0) is 14.4. The Bertz CT molecular complexity index is 530. The van der Waals surface area contributed by atoms with Crippen LogP contribution in [0, 0.1) is 0 Å². The van der Waals surface area contributed by atoms with E-state index in [0.717, 1.165) is 22.7 Å². The molecule has 0 aliphatic carbocycles. The predicted molar refractivity (Wildman–Crippen MR) is 84.1 cm³/mol. The number of halogens is 1. The van der Waals surface area contributed by atoms with Gasteiger partial charge in [-0.1, -0.05) is 61.0 Å². The summed E-state index contributed by atoms with van der Waals surface area (Å²) in [5.74, 6) is 0. The van der Waals surface area contributed by atoms with E-state index in [1.165, 1.54) is 0 Å². The summed E-state index contributed by atoms with van der Waals surface area (Å²) < 4.78 is 5.74. The summed E-state index contributed by atoms with van der Waals surface area (Å²) in [5, 5.41) is 4.24. The lowest BCUT2D eigenvalue weighted by Crippen LogP contribution is -2.28. The summed E-state index contributed by atoms with van der Waals surface area (Å²) in [7, 11) is 1.74. The number of hydrogen-bond acceptors (Lipinski definition) is 2. The molecule has 2 aromatic rings. The van der Waals surface area contributed by atoms with Crippen molar-refractivity contribution < 1.29 is 4.74 Å². The van der Waals surface area contributed by atoms with E-state index >= 15 is 0 Å². The molecule has 1 N–H and O–H groups in total. The molecule has 0 aliphatic rings. The molecule has 0 bridgehead atoms. The fraction of sp³-hybridized carbons (Fsp3) is 0.294. The Labute approximate surface area is 125 Å². The van der Waals surface area contributed by atoms with E-state index in [0.29, 0.717) is 0 Å². The maximum atomic E-state index is 6.11. The number of methoxy groups -OCH3 is 1. The Balaban J connectivity index is 2.35. The molecule has 0 radical (unpaired) electrons. The van der Waals surface area contributed by atoms with E-state index in [4.69, 9.17) is 16.3 Å². The van der Waals surface area contributed by atoms with Crippen LogP contribution in [0.1, 0.15) is 30.2 Å². The summed E-state index contributed by atoms with van der Waals surface area (Å²) >= 11 is 6.11. The fourth-order valence-electron chi connectivity index (χ4n) is 2.43. The molecule has 106 valence electrons. The standard InChI is InChI=1S/C17H20ClNO/c1-3-19-16(14-10-7-11-15(18)12-14)17(20-2)13-8-5-4-6-9-13/h4-12,16-17,19H,3H2,1-2H3. The molecule has 20 heavy (non-hydrogen) atoms. The van der Waals surface area contributed by atoms with Crippen molar-refractivity contribution in [2.75, 3.05) is 13.7 Å². The Morgan fingerprint density at radius 3 is 2.35 bits per heavy atom. The average molecular weight is 290 g/mol. The largest absolute Gasteiger partial charge is 0.375 e. The first kappa shape index (κ1) is 15.0. The van der Waals surface area contributed by atoms with Gasteiger partial charge in [-0.2, -0.15) is 0 Å². The van der Waals surface area contributed by atoms with Crippen molar-refractivity contribution in [2.45, 2.75) is 19.1 Å². The van der Waals surface area contributed by atoms with Crippen LogP contribution < -0.4 is 5.32 Å². The molecule has 0 amide bonds. The van der Waals surface area contributed by atoms with Crippen LogP contribution in [0.2, 0.25) is 5.02 Å². The number of hydrogen-bond donors (Lipinski definition) is 1. The van der Waals surface area contributed by atoms with Crippen molar-refractivity contribution in [3.63, 3.8) is 0 Å². The van der Waals surface area contributed by atoms with Gasteiger partial charge in [-0.05, 0) is 29.8 Å². The molecule has 0 fully saturated rings. The SMILES string of the molecule is CCNC(c1cccc(Cl)c1)C(OC)c1ccccc1. The lowest BCUT2D eigenvalue weighted by atomic mass is 9.95. The second-order valence-electron chi connectivity index (χ2n) is 4.66. The van der Waals surface area contributed by atoms with E-state index < -0.39 is 0 Å². The normalized spacial score (nSPS) is 13.9. The van der Waals surface area contributed by atoms with Crippen molar-refractivity contribution in [3.05, 3.63) is 70.7 Å². The maximum Gasteiger partial charge on any atom is 0.102 e. The van der Waals surface area contributed by atoms with Gasteiger partial charge >= 0.3 is 0 Å². The number of ether oxygens (including phenoxy) is 1. The summed E-state index contributed by atoms with van der Waals surface area (Å²) in [5.41, 5.74) is 2.29. The second-order valence-corrected chi connectivity index (χ2v) is 5.09. The van der Waals surface area contributed by atoms with Crippen LogP contribution in [0.4, 0.5) is 0 Å². The van der Waals surface area contributed by atoms with E-state index in [2.05, 4.69) is 30.4 Å². The van der Waals surface area contributed by atoms with Gasteiger partial charge in [-0.3, -0.25) is 0 Å². The third-order valence-electron chi connectivity index (χ3n) is 3.32. The van der Waals surface area contributed by atoms with Crippen molar-refractivity contribution in [1.29, 1.82) is 0 Å². The third kappa shape index (κ3) is 3.60. The number of likely N-dealkylation sites (N-methyl/N-ethyl adjacent to an activating group) is 1. The first-order valence-electron chi connectivity index (χ1n) is 6.83. The lowest BCUT2D eigenvalue weighted by Gasteiger charge is -2.27. The smallest absolute Gasteiger partial charge is 0.102 e. The van der Waals surface area contributed by atoms with Gasteiger partial charge in [0.1, 0.15) is 6.10 Å². The fourth-order valence-corrected chi connectivity index (χ4v) is 2.63. The van der Waals surface area contributed by atoms with E-state index in [9.17, 15) is 0 Å². The predicted octanol–water partition coefficient (Wildman–Crippen LogP) is 4.38.